The highest BCUT2D eigenvalue weighted by atomic mass is 32.1. The third-order valence-electron chi connectivity index (χ3n) is 5.04. The maximum atomic E-state index is 12.6. The summed E-state index contributed by atoms with van der Waals surface area (Å²) < 4.78 is 6.56. The lowest BCUT2D eigenvalue weighted by atomic mass is 9.97. The van der Waals surface area contributed by atoms with Gasteiger partial charge in [-0.3, -0.25) is 4.79 Å². The molecule has 1 N–H and O–H groups in total. The van der Waals surface area contributed by atoms with Gasteiger partial charge in [-0.1, -0.05) is 24.3 Å². The minimum absolute atomic E-state index is 0.128. The van der Waals surface area contributed by atoms with Crippen LogP contribution in [-0.4, -0.2) is 42.5 Å². The van der Waals surface area contributed by atoms with Crippen molar-refractivity contribution in [1.29, 1.82) is 0 Å². The SMILES string of the molecule is COc1ccccc1NCC(=O)N1CCC(c2nc3ccccc3s2)CC1. The fraction of sp³-hybridized carbons (Fsp3) is 0.333. The Labute approximate surface area is 163 Å². The minimum Gasteiger partial charge on any atom is -0.495 e. The maximum absolute atomic E-state index is 12.6. The summed E-state index contributed by atoms with van der Waals surface area (Å²) in [6, 6.07) is 15.9. The summed E-state index contributed by atoms with van der Waals surface area (Å²) in [5.41, 5.74) is 1.93. The quantitative estimate of drug-likeness (QED) is 0.722. The summed E-state index contributed by atoms with van der Waals surface area (Å²) in [7, 11) is 1.63. The summed E-state index contributed by atoms with van der Waals surface area (Å²) >= 11 is 1.78. The van der Waals surface area contributed by atoms with Crippen LogP contribution in [0.15, 0.2) is 48.5 Å². The first-order valence-corrected chi connectivity index (χ1v) is 10.1. The molecule has 0 saturated carbocycles. The van der Waals surface area contributed by atoms with Crippen LogP contribution in [0.2, 0.25) is 0 Å². The number of hydrogen-bond donors (Lipinski definition) is 1. The number of aromatic nitrogens is 1. The number of hydrogen-bond acceptors (Lipinski definition) is 5. The number of ether oxygens (including phenoxy) is 1. The summed E-state index contributed by atoms with van der Waals surface area (Å²) in [5.74, 6) is 1.33. The monoisotopic (exact) mass is 381 g/mol. The number of carbonyl (C=O) groups is 1. The molecule has 6 heteroatoms. The Morgan fingerprint density at radius 2 is 1.93 bits per heavy atom. The first kappa shape index (κ1) is 17.8. The number of nitrogens with one attached hydrogen (secondary N) is 1. The van der Waals surface area contributed by atoms with Crippen molar-refractivity contribution in [1.82, 2.24) is 9.88 Å². The van der Waals surface area contributed by atoms with E-state index in [1.165, 1.54) is 9.71 Å². The number of carbonyl (C=O) groups excluding carboxylic acids is 1. The third kappa shape index (κ3) is 3.90. The number of para-hydroxylation sites is 3. The number of piperidine rings is 1. The zero-order valence-electron chi connectivity index (χ0n) is 15.4. The van der Waals surface area contributed by atoms with Crippen LogP contribution in [0.4, 0.5) is 5.69 Å². The van der Waals surface area contributed by atoms with Gasteiger partial charge in [-0.15, -0.1) is 11.3 Å². The molecule has 0 radical (unpaired) electrons. The van der Waals surface area contributed by atoms with E-state index in [4.69, 9.17) is 9.72 Å². The topological polar surface area (TPSA) is 54.5 Å². The van der Waals surface area contributed by atoms with Gasteiger partial charge in [-0.05, 0) is 37.1 Å². The third-order valence-corrected chi connectivity index (χ3v) is 6.24. The van der Waals surface area contributed by atoms with E-state index in [0.717, 1.165) is 42.9 Å². The molecule has 0 spiro atoms. The second kappa shape index (κ2) is 7.96. The molecule has 2 aromatic carbocycles. The van der Waals surface area contributed by atoms with Gasteiger partial charge in [-0.25, -0.2) is 4.98 Å². The Morgan fingerprint density at radius 3 is 2.70 bits per heavy atom. The number of methoxy groups -OCH3 is 1. The standard InChI is InChI=1S/C21H23N3O2S/c1-26-18-8-4-2-6-16(18)22-14-20(25)24-12-10-15(11-13-24)21-23-17-7-3-5-9-19(17)27-21/h2-9,15,22H,10-14H2,1H3. The molecule has 2 heterocycles. The molecule has 1 amide bonds. The van der Waals surface area contributed by atoms with E-state index < -0.39 is 0 Å². The molecular weight excluding hydrogens is 358 g/mol. The minimum atomic E-state index is 0.128. The molecule has 1 aliphatic heterocycles. The van der Waals surface area contributed by atoms with Crippen LogP contribution in [0, 0.1) is 0 Å². The molecule has 140 valence electrons. The van der Waals surface area contributed by atoms with Crippen LogP contribution in [0.5, 0.6) is 5.75 Å². The average molecular weight is 382 g/mol. The van der Waals surface area contributed by atoms with Crippen LogP contribution < -0.4 is 10.1 Å². The lowest BCUT2D eigenvalue weighted by Gasteiger charge is -2.31. The molecule has 1 aliphatic rings. The van der Waals surface area contributed by atoms with Gasteiger partial charge < -0.3 is 15.0 Å². The molecule has 0 atom stereocenters. The van der Waals surface area contributed by atoms with Gasteiger partial charge in [0.15, 0.2) is 0 Å². The highest BCUT2D eigenvalue weighted by Crippen LogP contribution is 2.33. The second-order valence-corrected chi connectivity index (χ2v) is 7.79. The van der Waals surface area contributed by atoms with Gasteiger partial charge in [0.05, 0.1) is 34.6 Å². The molecule has 4 rings (SSSR count). The summed E-state index contributed by atoms with van der Waals surface area (Å²) in [4.78, 5) is 19.3. The molecule has 1 aromatic heterocycles. The molecule has 5 nitrogen and oxygen atoms in total. The summed E-state index contributed by atoms with van der Waals surface area (Å²) in [6.07, 6.45) is 1.94. The number of anilines is 1. The molecular formula is C21H23N3O2S. The van der Waals surface area contributed by atoms with Gasteiger partial charge in [0.2, 0.25) is 5.91 Å². The zero-order valence-corrected chi connectivity index (χ0v) is 16.2. The van der Waals surface area contributed by atoms with E-state index in [1.807, 2.05) is 35.2 Å². The highest BCUT2D eigenvalue weighted by molar-refractivity contribution is 7.18. The van der Waals surface area contributed by atoms with Gasteiger partial charge in [0.1, 0.15) is 5.75 Å². The fourth-order valence-corrected chi connectivity index (χ4v) is 4.65. The number of fused-ring (bicyclic) bond motifs is 1. The van der Waals surface area contributed by atoms with Crippen molar-refractivity contribution in [2.75, 3.05) is 32.1 Å². The van der Waals surface area contributed by atoms with E-state index in [2.05, 4.69) is 23.5 Å². The predicted molar refractivity (Wildman–Crippen MR) is 110 cm³/mol. The van der Waals surface area contributed by atoms with Gasteiger partial charge in [-0.2, -0.15) is 0 Å². The Kier molecular flexibility index (Phi) is 5.25. The predicted octanol–water partition coefficient (Wildman–Crippen LogP) is 4.12. The van der Waals surface area contributed by atoms with Crippen LogP contribution in [0.1, 0.15) is 23.8 Å². The van der Waals surface area contributed by atoms with E-state index in [-0.39, 0.29) is 12.5 Å². The number of nitrogens with zero attached hydrogens (tertiary/aromatic N) is 2. The van der Waals surface area contributed by atoms with Gasteiger partial charge in [0, 0.05) is 19.0 Å². The normalized spacial score (nSPS) is 15.1. The molecule has 3 aromatic rings. The Morgan fingerprint density at radius 1 is 1.19 bits per heavy atom. The second-order valence-electron chi connectivity index (χ2n) is 6.73. The molecule has 0 aliphatic carbocycles. The number of likely N-dealkylation sites (tertiary alicyclic amines) is 1. The Bertz CT molecular complexity index is 899. The molecule has 1 saturated heterocycles. The van der Waals surface area contributed by atoms with Crippen molar-refractivity contribution in [3.05, 3.63) is 53.5 Å². The first-order chi connectivity index (χ1) is 13.2. The lowest BCUT2D eigenvalue weighted by molar-refractivity contribution is -0.130. The van der Waals surface area contributed by atoms with Crippen molar-refractivity contribution in [3.63, 3.8) is 0 Å². The van der Waals surface area contributed by atoms with Crippen molar-refractivity contribution in [2.24, 2.45) is 0 Å². The fourth-order valence-electron chi connectivity index (χ4n) is 3.51. The van der Waals surface area contributed by atoms with Crippen LogP contribution in [0.25, 0.3) is 10.2 Å². The molecule has 27 heavy (non-hydrogen) atoms. The Balaban J connectivity index is 1.32. The van der Waals surface area contributed by atoms with Gasteiger partial charge >= 0.3 is 0 Å². The number of thiazole rings is 1. The van der Waals surface area contributed by atoms with Crippen LogP contribution in [-0.2, 0) is 4.79 Å². The van der Waals surface area contributed by atoms with Gasteiger partial charge in [0.25, 0.3) is 0 Å². The number of amides is 1. The van der Waals surface area contributed by atoms with Crippen molar-refractivity contribution in [3.8, 4) is 5.75 Å². The zero-order chi connectivity index (χ0) is 18.6. The summed E-state index contributed by atoms with van der Waals surface area (Å²) in [6.45, 7) is 1.85. The van der Waals surface area contributed by atoms with Crippen molar-refractivity contribution >= 4 is 33.1 Å². The smallest absolute Gasteiger partial charge is 0.241 e. The van der Waals surface area contributed by atoms with E-state index in [9.17, 15) is 4.79 Å². The highest BCUT2D eigenvalue weighted by Gasteiger charge is 2.25. The van der Waals surface area contributed by atoms with E-state index in [1.54, 1.807) is 18.4 Å². The average Bonchev–Trinajstić information content (AvgIpc) is 3.16. The largest absolute Gasteiger partial charge is 0.495 e. The first-order valence-electron chi connectivity index (χ1n) is 9.24. The van der Waals surface area contributed by atoms with Crippen LogP contribution >= 0.6 is 11.3 Å². The van der Waals surface area contributed by atoms with Crippen LogP contribution in [0.3, 0.4) is 0 Å². The van der Waals surface area contributed by atoms with E-state index in [0.29, 0.717) is 5.92 Å². The Hall–Kier alpha value is -2.60. The lowest BCUT2D eigenvalue weighted by Crippen LogP contribution is -2.40. The van der Waals surface area contributed by atoms with E-state index >= 15 is 0 Å². The molecule has 0 unspecified atom stereocenters. The number of benzene rings is 2. The number of rotatable bonds is 5. The molecule has 1 fully saturated rings. The maximum Gasteiger partial charge on any atom is 0.241 e. The van der Waals surface area contributed by atoms with Crippen molar-refractivity contribution < 1.29 is 9.53 Å². The summed E-state index contributed by atoms with van der Waals surface area (Å²) in [5, 5.41) is 4.40. The van der Waals surface area contributed by atoms with Crippen molar-refractivity contribution in [2.45, 2.75) is 18.8 Å². The molecule has 0 bridgehead atoms.